The van der Waals surface area contributed by atoms with Gasteiger partial charge in [0.1, 0.15) is 0 Å². The average Bonchev–Trinajstić information content (AvgIpc) is 2.22. The molecule has 1 nitrogen and oxygen atoms in total. The fourth-order valence-electron chi connectivity index (χ4n) is 1.78. The summed E-state index contributed by atoms with van der Waals surface area (Å²) in [4.78, 5) is 0. The summed E-state index contributed by atoms with van der Waals surface area (Å²) in [6.07, 6.45) is 4.42. The third-order valence-corrected chi connectivity index (χ3v) is 2.24. The smallest absolute Gasteiger partial charge is 0.00704 e. The van der Waals surface area contributed by atoms with Crippen molar-refractivity contribution in [3.8, 4) is 0 Å². The first-order valence-corrected chi connectivity index (χ1v) is 3.18. The molecule has 2 aliphatic rings. The number of fused-ring (bicyclic) bond motifs is 2. The molecule has 1 aliphatic carbocycles. The van der Waals surface area contributed by atoms with Gasteiger partial charge in [0, 0.05) is 6.04 Å². The molecule has 48 valence electrons. The predicted octanol–water partition coefficient (Wildman–Crippen LogP) is 1.38. The topological polar surface area (TPSA) is 12.0 Å². The summed E-state index contributed by atoms with van der Waals surface area (Å²) in [6, 6.07) is 0.921. The van der Waals surface area contributed by atoms with Crippen molar-refractivity contribution >= 4 is 24.0 Å². The highest BCUT2D eigenvalue weighted by Crippen LogP contribution is 2.29. The molecule has 1 aliphatic heterocycles. The first-order chi connectivity index (χ1) is 3.45. The van der Waals surface area contributed by atoms with Gasteiger partial charge in [0.15, 0.2) is 0 Å². The van der Waals surface area contributed by atoms with Gasteiger partial charge < -0.3 is 5.32 Å². The fourth-order valence-corrected chi connectivity index (χ4v) is 1.78. The third kappa shape index (κ3) is 1.00. The van der Waals surface area contributed by atoms with E-state index in [1.165, 1.54) is 25.8 Å². The van der Waals surface area contributed by atoms with E-state index in [1.807, 2.05) is 0 Å². The monoisotopic (exact) mass is 225 g/mol. The van der Waals surface area contributed by atoms with E-state index in [2.05, 4.69) is 5.32 Å². The zero-order valence-corrected chi connectivity index (χ0v) is 7.22. The van der Waals surface area contributed by atoms with Crippen molar-refractivity contribution in [1.82, 2.24) is 5.32 Å². The molecule has 1 saturated carbocycles. The molecule has 2 rings (SSSR count). The molecule has 8 heavy (non-hydrogen) atoms. The van der Waals surface area contributed by atoms with E-state index in [0.717, 1.165) is 12.0 Å². The fraction of sp³-hybridized carbons (Fsp3) is 1.00. The number of hydrogen-bond acceptors (Lipinski definition) is 1. The van der Waals surface area contributed by atoms with Crippen molar-refractivity contribution in [3.63, 3.8) is 0 Å². The highest BCUT2D eigenvalue weighted by atomic mass is 127. The van der Waals surface area contributed by atoms with Crippen molar-refractivity contribution in [1.29, 1.82) is 0 Å². The minimum Gasteiger partial charge on any atom is -0.314 e. The first kappa shape index (κ1) is 6.81. The Morgan fingerprint density at radius 2 is 2.12 bits per heavy atom. The van der Waals surface area contributed by atoms with Crippen LogP contribution in [0.2, 0.25) is 0 Å². The molecule has 0 amide bonds. The lowest BCUT2D eigenvalue weighted by atomic mass is 10.1. The van der Waals surface area contributed by atoms with Crippen molar-refractivity contribution < 1.29 is 0 Å². The van der Waals surface area contributed by atoms with Crippen LogP contribution in [0.15, 0.2) is 0 Å². The van der Waals surface area contributed by atoms with Gasteiger partial charge in [-0.15, -0.1) is 24.0 Å². The van der Waals surface area contributed by atoms with Gasteiger partial charge in [-0.2, -0.15) is 0 Å². The normalized spacial score (nSPS) is 42.0. The molecular formula is C6H12IN. The molecule has 2 atom stereocenters. The van der Waals surface area contributed by atoms with Crippen LogP contribution in [-0.4, -0.2) is 12.6 Å². The summed E-state index contributed by atoms with van der Waals surface area (Å²) in [5, 5.41) is 3.46. The van der Waals surface area contributed by atoms with Crippen LogP contribution >= 0.6 is 24.0 Å². The third-order valence-electron chi connectivity index (χ3n) is 2.24. The van der Waals surface area contributed by atoms with Crippen molar-refractivity contribution in [3.05, 3.63) is 0 Å². The van der Waals surface area contributed by atoms with Crippen LogP contribution in [-0.2, 0) is 0 Å². The molecule has 1 unspecified atom stereocenters. The quantitative estimate of drug-likeness (QED) is 0.614. The minimum absolute atomic E-state index is 0. The van der Waals surface area contributed by atoms with E-state index in [9.17, 15) is 0 Å². The average molecular weight is 225 g/mol. The maximum atomic E-state index is 3.46. The molecule has 0 aromatic heterocycles. The number of piperidine rings is 1. The zero-order valence-electron chi connectivity index (χ0n) is 4.89. The summed E-state index contributed by atoms with van der Waals surface area (Å²) < 4.78 is 0. The van der Waals surface area contributed by atoms with Gasteiger partial charge in [0.2, 0.25) is 0 Å². The van der Waals surface area contributed by atoms with Gasteiger partial charge in [0.25, 0.3) is 0 Å². The molecule has 0 aromatic carbocycles. The molecule has 0 radical (unpaired) electrons. The molecular weight excluding hydrogens is 213 g/mol. The Hall–Kier alpha value is 0.690. The zero-order chi connectivity index (χ0) is 4.69. The van der Waals surface area contributed by atoms with E-state index in [4.69, 9.17) is 0 Å². The van der Waals surface area contributed by atoms with Crippen LogP contribution in [0.25, 0.3) is 0 Å². The second-order valence-corrected chi connectivity index (χ2v) is 2.78. The molecule has 2 heteroatoms. The van der Waals surface area contributed by atoms with E-state index in [1.54, 1.807) is 0 Å². The van der Waals surface area contributed by atoms with Crippen LogP contribution in [0.5, 0.6) is 0 Å². The first-order valence-electron chi connectivity index (χ1n) is 3.18. The lowest BCUT2D eigenvalue weighted by Gasteiger charge is -2.08. The molecule has 1 N–H and O–H groups in total. The van der Waals surface area contributed by atoms with Crippen molar-refractivity contribution in [2.24, 2.45) is 5.92 Å². The highest BCUT2D eigenvalue weighted by molar-refractivity contribution is 14.0. The largest absolute Gasteiger partial charge is 0.314 e. The minimum atomic E-state index is 0. The standard InChI is InChI=1S/C6H11N.HI/c1-2-6-3-5(1)4-7-6;/h5-7H,1-4H2;1H/t5?,6-;/m0./s1. The van der Waals surface area contributed by atoms with Crippen LogP contribution in [0.4, 0.5) is 0 Å². The summed E-state index contributed by atoms with van der Waals surface area (Å²) in [5.74, 6) is 1.06. The van der Waals surface area contributed by atoms with Gasteiger partial charge >= 0.3 is 0 Å². The number of halogens is 1. The molecule has 1 heterocycles. The highest BCUT2D eigenvalue weighted by Gasteiger charge is 2.30. The molecule has 2 fully saturated rings. The Bertz CT molecular complexity index is 66.6. The summed E-state index contributed by atoms with van der Waals surface area (Å²) in [7, 11) is 0. The Morgan fingerprint density at radius 3 is 2.25 bits per heavy atom. The van der Waals surface area contributed by atoms with Crippen LogP contribution in [0.3, 0.4) is 0 Å². The summed E-state index contributed by atoms with van der Waals surface area (Å²) in [6.45, 7) is 1.31. The van der Waals surface area contributed by atoms with Crippen molar-refractivity contribution in [2.75, 3.05) is 6.54 Å². The number of rotatable bonds is 0. The van der Waals surface area contributed by atoms with Gasteiger partial charge in [-0.25, -0.2) is 0 Å². The predicted molar refractivity (Wildman–Crippen MR) is 44.5 cm³/mol. The van der Waals surface area contributed by atoms with Gasteiger partial charge in [-0.3, -0.25) is 0 Å². The Labute approximate surface area is 67.2 Å². The summed E-state index contributed by atoms with van der Waals surface area (Å²) in [5.41, 5.74) is 0. The van der Waals surface area contributed by atoms with Crippen LogP contribution in [0, 0.1) is 5.92 Å². The van der Waals surface area contributed by atoms with E-state index in [-0.39, 0.29) is 24.0 Å². The maximum Gasteiger partial charge on any atom is 0.00704 e. The van der Waals surface area contributed by atoms with Gasteiger partial charge in [-0.05, 0) is 31.7 Å². The number of nitrogens with one attached hydrogen (secondary N) is 1. The Kier molecular flexibility index (Phi) is 2.14. The second kappa shape index (κ2) is 2.52. The molecule has 0 aromatic rings. The molecule has 2 bridgehead atoms. The summed E-state index contributed by atoms with van der Waals surface area (Å²) >= 11 is 0. The van der Waals surface area contributed by atoms with E-state index >= 15 is 0 Å². The lowest BCUT2D eigenvalue weighted by molar-refractivity contribution is 0.504. The molecule has 0 spiro atoms. The second-order valence-electron chi connectivity index (χ2n) is 2.78. The van der Waals surface area contributed by atoms with Gasteiger partial charge in [-0.1, -0.05) is 0 Å². The lowest BCUT2D eigenvalue weighted by Crippen LogP contribution is -2.23. The Balaban J connectivity index is 0.000000320. The van der Waals surface area contributed by atoms with E-state index < -0.39 is 0 Å². The van der Waals surface area contributed by atoms with Gasteiger partial charge in [0.05, 0.1) is 0 Å². The number of hydrogen-bond donors (Lipinski definition) is 1. The Morgan fingerprint density at radius 1 is 1.25 bits per heavy atom. The molecule has 1 saturated heterocycles. The van der Waals surface area contributed by atoms with E-state index in [0.29, 0.717) is 0 Å². The SMILES string of the molecule is C1C[C@H]2CC1CN2.I. The van der Waals surface area contributed by atoms with Crippen molar-refractivity contribution in [2.45, 2.75) is 25.3 Å². The maximum absolute atomic E-state index is 3.46. The van der Waals surface area contributed by atoms with Crippen LogP contribution in [0.1, 0.15) is 19.3 Å². The van der Waals surface area contributed by atoms with Crippen LogP contribution < -0.4 is 5.32 Å².